The second-order valence-electron chi connectivity index (χ2n) is 6.52. The molecular weight excluding hydrogens is 352 g/mol. The molecule has 2 aromatic rings. The van der Waals surface area contributed by atoms with Crippen LogP contribution < -0.4 is 10.2 Å². The van der Waals surface area contributed by atoms with E-state index in [1.807, 2.05) is 26.0 Å². The number of hydrogen-bond acceptors (Lipinski definition) is 7. The van der Waals surface area contributed by atoms with E-state index in [1.165, 1.54) is 18.2 Å². The Hall–Kier alpha value is -3.20. The van der Waals surface area contributed by atoms with Crippen LogP contribution in [0.2, 0.25) is 0 Å². The summed E-state index contributed by atoms with van der Waals surface area (Å²) in [7, 11) is 0. The number of morpholine rings is 1. The quantitative estimate of drug-likeness (QED) is 0.626. The molecular formula is C18H20N4O5. The number of nitrogens with one attached hydrogen (secondary N) is 1. The number of para-hydroxylation sites is 1. The van der Waals surface area contributed by atoms with Gasteiger partial charge in [-0.1, -0.05) is 0 Å². The average Bonchev–Trinajstić information content (AvgIpc) is 2.61. The zero-order chi connectivity index (χ0) is 19.6. The topological polar surface area (TPSA) is 111 Å². The second kappa shape index (κ2) is 7.58. The molecule has 0 aliphatic carbocycles. The van der Waals surface area contributed by atoms with Gasteiger partial charge in [0.05, 0.1) is 22.1 Å². The van der Waals surface area contributed by atoms with Crippen LogP contribution in [0, 0.1) is 20.2 Å². The van der Waals surface area contributed by atoms with E-state index in [0.717, 1.165) is 18.8 Å². The highest BCUT2D eigenvalue weighted by Crippen LogP contribution is 2.36. The van der Waals surface area contributed by atoms with Crippen LogP contribution >= 0.6 is 0 Å². The first kappa shape index (κ1) is 18.6. The van der Waals surface area contributed by atoms with Crippen molar-refractivity contribution in [3.05, 3.63) is 62.7 Å². The molecule has 0 amide bonds. The molecule has 142 valence electrons. The summed E-state index contributed by atoms with van der Waals surface area (Å²) in [5.74, 6) is 0. The van der Waals surface area contributed by atoms with E-state index in [2.05, 4.69) is 10.2 Å². The van der Waals surface area contributed by atoms with E-state index >= 15 is 0 Å². The summed E-state index contributed by atoms with van der Waals surface area (Å²) < 4.78 is 5.73. The van der Waals surface area contributed by atoms with E-state index in [-0.39, 0.29) is 29.3 Å². The average molecular weight is 372 g/mol. The van der Waals surface area contributed by atoms with Crippen molar-refractivity contribution in [2.45, 2.75) is 26.1 Å². The zero-order valence-electron chi connectivity index (χ0n) is 15.0. The van der Waals surface area contributed by atoms with Crippen LogP contribution in [0.25, 0.3) is 0 Å². The van der Waals surface area contributed by atoms with Crippen molar-refractivity contribution >= 4 is 28.4 Å². The van der Waals surface area contributed by atoms with Crippen LogP contribution in [0.15, 0.2) is 42.5 Å². The second-order valence-corrected chi connectivity index (χ2v) is 6.52. The summed E-state index contributed by atoms with van der Waals surface area (Å²) >= 11 is 0. The number of nitro benzene ring substituents is 2. The molecule has 1 fully saturated rings. The van der Waals surface area contributed by atoms with Crippen molar-refractivity contribution < 1.29 is 14.6 Å². The standard InChI is InChI=1S/C18H20N4O5/c1-12-10-20(11-13(2)27-12)15-8-6-14(7-9-15)19-18-16(21(23)24)4-3-5-17(18)22(25)26/h3-9,12-13,19H,10-11H2,1-2H3. The molecule has 1 heterocycles. The van der Waals surface area contributed by atoms with E-state index in [9.17, 15) is 20.2 Å². The highest BCUT2D eigenvalue weighted by molar-refractivity contribution is 5.79. The van der Waals surface area contributed by atoms with Crippen molar-refractivity contribution in [2.75, 3.05) is 23.3 Å². The minimum atomic E-state index is -0.639. The van der Waals surface area contributed by atoms with Crippen molar-refractivity contribution in [3.63, 3.8) is 0 Å². The minimum absolute atomic E-state index is 0.126. The lowest BCUT2D eigenvalue weighted by Crippen LogP contribution is -2.45. The molecule has 9 nitrogen and oxygen atoms in total. The predicted octanol–water partition coefficient (Wildman–Crippen LogP) is 3.86. The number of nitrogens with zero attached hydrogens (tertiary/aromatic N) is 3. The fraction of sp³-hybridized carbons (Fsp3) is 0.333. The summed E-state index contributed by atoms with van der Waals surface area (Å²) in [5, 5.41) is 25.3. The van der Waals surface area contributed by atoms with Crippen molar-refractivity contribution in [3.8, 4) is 0 Å². The largest absolute Gasteiger partial charge is 0.372 e. The summed E-state index contributed by atoms with van der Waals surface area (Å²) in [6.45, 7) is 5.58. The Morgan fingerprint density at radius 1 is 0.963 bits per heavy atom. The lowest BCUT2D eigenvalue weighted by molar-refractivity contribution is -0.392. The van der Waals surface area contributed by atoms with Crippen molar-refractivity contribution in [1.29, 1.82) is 0 Å². The summed E-state index contributed by atoms with van der Waals surface area (Å²) in [6, 6.07) is 11.0. The Balaban J connectivity index is 1.85. The van der Waals surface area contributed by atoms with Gasteiger partial charge < -0.3 is 15.0 Å². The number of ether oxygens (including phenoxy) is 1. The lowest BCUT2D eigenvalue weighted by Gasteiger charge is -2.36. The molecule has 0 aromatic heterocycles. The van der Waals surface area contributed by atoms with Gasteiger partial charge in [-0.25, -0.2) is 0 Å². The number of rotatable bonds is 5. The Morgan fingerprint density at radius 3 is 1.96 bits per heavy atom. The minimum Gasteiger partial charge on any atom is -0.372 e. The number of nitro groups is 2. The highest BCUT2D eigenvalue weighted by Gasteiger charge is 2.25. The van der Waals surface area contributed by atoms with E-state index in [4.69, 9.17) is 4.74 Å². The highest BCUT2D eigenvalue weighted by atomic mass is 16.6. The first-order chi connectivity index (χ1) is 12.8. The fourth-order valence-corrected chi connectivity index (χ4v) is 3.25. The molecule has 1 aliphatic rings. The van der Waals surface area contributed by atoms with E-state index in [1.54, 1.807) is 12.1 Å². The maximum Gasteiger partial charge on any atom is 0.299 e. The third-order valence-electron chi connectivity index (χ3n) is 4.34. The van der Waals surface area contributed by atoms with Crippen LogP contribution in [0.3, 0.4) is 0 Å². The molecule has 0 spiro atoms. The number of hydrogen-bond donors (Lipinski definition) is 1. The molecule has 1 N–H and O–H groups in total. The van der Waals surface area contributed by atoms with Crippen molar-refractivity contribution in [2.24, 2.45) is 0 Å². The summed E-state index contributed by atoms with van der Waals surface area (Å²) in [6.07, 6.45) is 0.252. The lowest BCUT2D eigenvalue weighted by atomic mass is 10.1. The maximum atomic E-state index is 11.2. The third kappa shape index (κ3) is 4.14. The van der Waals surface area contributed by atoms with Gasteiger partial charge >= 0.3 is 0 Å². The van der Waals surface area contributed by atoms with Crippen molar-refractivity contribution in [1.82, 2.24) is 0 Å². The van der Waals surface area contributed by atoms with Crippen LogP contribution in [-0.4, -0.2) is 35.1 Å². The summed E-state index contributed by atoms with van der Waals surface area (Å²) in [4.78, 5) is 23.4. The van der Waals surface area contributed by atoms with Gasteiger partial charge in [-0.2, -0.15) is 0 Å². The molecule has 2 unspecified atom stereocenters. The van der Waals surface area contributed by atoms with Crippen LogP contribution in [0.5, 0.6) is 0 Å². The smallest absolute Gasteiger partial charge is 0.299 e. The molecule has 2 atom stereocenters. The first-order valence-electron chi connectivity index (χ1n) is 8.54. The predicted molar refractivity (Wildman–Crippen MR) is 102 cm³/mol. The van der Waals surface area contributed by atoms with Gasteiger partial charge in [0.25, 0.3) is 11.4 Å². The van der Waals surface area contributed by atoms with Gasteiger partial charge in [-0.15, -0.1) is 0 Å². The molecule has 1 aliphatic heterocycles. The molecule has 3 rings (SSSR count). The molecule has 2 aromatic carbocycles. The van der Waals surface area contributed by atoms with E-state index in [0.29, 0.717) is 5.69 Å². The van der Waals surface area contributed by atoms with Gasteiger partial charge in [-0.05, 0) is 44.2 Å². The first-order valence-corrected chi connectivity index (χ1v) is 8.54. The third-order valence-corrected chi connectivity index (χ3v) is 4.34. The normalized spacial score (nSPS) is 19.6. The Morgan fingerprint density at radius 2 is 1.48 bits per heavy atom. The van der Waals surface area contributed by atoms with Gasteiger partial charge in [0.2, 0.25) is 0 Å². The van der Waals surface area contributed by atoms with Gasteiger partial charge in [-0.3, -0.25) is 20.2 Å². The molecule has 27 heavy (non-hydrogen) atoms. The SMILES string of the molecule is CC1CN(c2ccc(Nc3c([N+](=O)[O-])cccc3[N+](=O)[O-])cc2)CC(C)O1. The van der Waals surface area contributed by atoms with Gasteiger partial charge in [0.15, 0.2) is 5.69 Å². The molecule has 0 bridgehead atoms. The monoisotopic (exact) mass is 372 g/mol. The zero-order valence-corrected chi connectivity index (χ0v) is 15.0. The maximum absolute atomic E-state index is 11.2. The molecule has 1 saturated heterocycles. The molecule has 9 heteroatoms. The Kier molecular flexibility index (Phi) is 5.22. The fourth-order valence-electron chi connectivity index (χ4n) is 3.25. The number of anilines is 3. The number of benzene rings is 2. The van der Waals surface area contributed by atoms with E-state index < -0.39 is 9.85 Å². The Labute approximate surface area is 155 Å². The van der Waals surface area contributed by atoms with Crippen LogP contribution in [0.1, 0.15) is 13.8 Å². The van der Waals surface area contributed by atoms with Gasteiger partial charge in [0.1, 0.15) is 0 Å². The van der Waals surface area contributed by atoms with Gasteiger partial charge in [0, 0.05) is 36.6 Å². The van der Waals surface area contributed by atoms with Crippen LogP contribution in [0.4, 0.5) is 28.4 Å². The van der Waals surface area contributed by atoms with Crippen LogP contribution in [-0.2, 0) is 4.74 Å². The molecule has 0 radical (unpaired) electrons. The molecule has 0 saturated carbocycles. The summed E-state index contributed by atoms with van der Waals surface area (Å²) in [5.41, 5.74) is 0.715. The Bertz CT molecular complexity index is 813.